The van der Waals surface area contributed by atoms with Gasteiger partial charge in [0.05, 0.1) is 9.79 Å². The molecule has 0 fully saturated rings. The molecular weight excluding hydrogens is 633 g/mol. The first-order valence-electron chi connectivity index (χ1n) is 17.1. The van der Waals surface area contributed by atoms with Crippen molar-refractivity contribution >= 4 is 35.1 Å². The van der Waals surface area contributed by atoms with Crippen LogP contribution in [0.3, 0.4) is 0 Å². The van der Waals surface area contributed by atoms with E-state index in [1.807, 2.05) is 0 Å². The zero-order valence-electron chi connectivity index (χ0n) is 30.5. The van der Waals surface area contributed by atoms with E-state index in [1.54, 1.807) is 0 Å². The van der Waals surface area contributed by atoms with Crippen molar-refractivity contribution in [2.75, 3.05) is 0 Å². The third-order valence-electron chi connectivity index (χ3n) is 10.1. The first-order chi connectivity index (χ1) is 22.0. The number of allylic oxidation sites excluding steroid dienone is 4. The van der Waals surface area contributed by atoms with Crippen molar-refractivity contribution in [2.24, 2.45) is 10.8 Å². The lowest BCUT2D eigenvalue weighted by molar-refractivity contribution is -0.123. The summed E-state index contributed by atoms with van der Waals surface area (Å²) in [5.41, 5.74) is 6.97. The van der Waals surface area contributed by atoms with Crippen LogP contribution in [0.4, 0.5) is 0 Å². The van der Waals surface area contributed by atoms with Gasteiger partial charge in [-0.05, 0) is 68.2 Å². The summed E-state index contributed by atoms with van der Waals surface area (Å²) >= 11 is 3.01. The number of ketones is 2. The number of carbonyl (C=O) groups is 2. The largest absolute Gasteiger partial charge is 0.463 e. The fourth-order valence-electron chi connectivity index (χ4n) is 6.92. The summed E-state index contributed by atoms with van der Waals surface area (Å²) in [6, 6.07) is 8.74. The maximum Gasteiger partial charge on any atom is 0.241 e. The Bertz CT molecular complexity index is 1800. The van der Waals surface area contributed by atoms with E-state index in [0.717, 1.165) is 43.2 Å². The molecular formula is C42H48O4S2. The molecule has 6 bridgehead atoms. The number of Topliss-reactive ketones (excluding diaryl/α,β-unsaturated/α-hetero) is 2. The molecule has 0 unspecified atom stereocenters. The molecule has 0 amide bonds. The number of hydrogen-bond donors (Lipinski definition) is 0. The molecule has 5 aliphatic rings. The van der Waals surface area contributed by atoms with Crippen molar-refractivity contribution in [2.45, 2.75) is 126 Å². The summed E-state index contributed by atoms with van der Waals surface area (Å²) in [5, 5.41) is 0. The van der Waals surface area contributed by atoms with Gasteiger partial charge in [0.1, 0.15) is 11.5 Å². The highest BCUT2D eigenvalue weighted by atomic mass is 32.2. The molecule has 3 aliphatic heterocycles. The highest BCUT2D eigenvalue weighted by Gasteiger charge is 2.54. The van der Waals surface area contributed by atoms with Crippen molar-refractivity contribution in [3.8, 4) is 11.5 Å². The molecule has 0 saturated carbocycles. The van der Waals surface area contributed by atoms with Crippen LogP contribution in [-0.4, -0.2) is 21.4 Å². The van der Waals surface area contributed by atoms with E-state index in [-0.39, 0.29) is 33.2 Å². The molecule has 2 atom stereocenters. The fourth-order valence-corrected chi connectivity index (χ4v) is 9.55. The molecule has 2 aliphatic carbocycles. The summed E-state index contributed by atoms with van der Waals surface area (Å²) in [6.07, 6.45) is 9.01. The highest BCUT2D eigenvalue weighted by Crippen LogP contribution is 2.58. The van der Waals surface area contributed by atoms with Crippen LogP contribution < -0.4 is 9.47 Å². The summed E-state index contributed by atoms with van der Waals surface area (Å²) in [7, 11) is 0. The van der Waals surface area contributed by atoms with Gasteiger partial charge in [-0.3, -0.25) is 9.59 Å². The van der Waals surface area contributed by atoms with E-state index in [9.17, 15) is 9.59 Å². The molecule has 0 radical (unpaired) electrons. The van der Waals surface area contributed by atoms with E-state index in [0.29, 0.717) is 35.5 Å². The van der Waals surface area contributed by atoms with Gasteiger partial charge in [0.15, 0.2) is 0 Å². The molecule has 7 rings (SSSR count). The number of carbonyl (C=O) groups excluding carboxylic acids is 2. The smallest absolute Gasteiger partial charge is 0.241 e. The molecule has 4 nitrogen and oxygen atoms in total. The van der Waals surface area contributed by atoms with Crippen LogP contribution in [0.2, 0.25) is 0 Å². The predicted octanol–water partition coefficient (Wildman–Crippen LogP) is 10.4. The van der Waals surface area contributed by atoms with Crippen LogP contribution in [-0.2, 0) is 33.3 Å². The van der Waals surface area contributed by atoms with Gasteiger partial charge in [-0.1, -0.05) is 131 Å². The number of hydrogen-bond acceptors (Lipinski definition) is 6. The number of thioether (sulfide) groups is 2. The predicted molar refractivity (Wildman–Crippen MR) is 197 cm³/mol. The van der Waals surface area contributed by atoms with Crippen molar-refractivity contribution in [1.82, 2.24) is 0 Å². The summed E-state index contributed by atoms with van der Waals surface area (Å²) < 4.78 is 13.9. The molecule has 2 aromatic rings. The average Bonchev–Trinajstić information content (AvgIpc) is 3.50. The Morgan fingerprint density at radius 1 is 0.542 bits per heavy atom. The number of benzene rings is 2. The van der Waals surface area contributed by atoms with Crippen LogP contribution in [0.25, 0.3) is 0 Å². The molecule has 2 spiro atoms. The minimum Gasteiger partial charge on any atom is -0.463 e. The van der Waals surface area contributed by atoms with E-state index in [2.05, 4.69) is 132 Å². The van der Waals surface area contributed by atoms with Gasteiger partial charge in [0.2, 0.25) is 21.4 Å². The van der Waals surface area contributed by atoms with Crippen LogP contribution in [0, 0.1) is 10.8 Å². The van der Waals surface area contributed by atoms with Crippen molar-refractivity contribution in [1.29, 1.82) is 0 Å². The molecule has 0 N–H and O–H groups in total. The maximum atomic E-state index is 14.9. The van der Waals surface area contributed by atoms with Gasteiger partial charge in [0.25, 0.3) is 0 Å². The van der Waals surface area contributed by atoms with Gasteiger partial charge in [-0.25, -0.2) is 0 Å². The lowest BCUT2D eigenvalue weighted by Gasteiger charge is -2.34. The second kappa shape index (κ2) is 10.3. The molecule has 3 heterocycles. The number of fused-ring (bicyclic) bond motifs is 2. The highest BCUT2D eigenvalue weighted by molar-refractivity contribution is 8.02. The Labute approximate surface area is 294 Å². The molecule has 0 saturated heterocycles. The van der Waals surface area contributed by atoms with Crippen LogP contribution in [0.1, 0.15) is 105 Å². The molecule has 2 aromatic carbocycles. The van der Waals surface area contributed by atoms with E-state index in [1.165, 1.54) is 23.5 Å². The molecule has 252 valence electrons. The van der Waals surface area contributed by atoms with Crippen LogP contribution >= 0.6 is 23.5 Å². The second-order valence-corrected chi connectivity index (χ2v) is 20.7. The van der Waals surface area contributed by atoms with E-state index in [4.69, 9.17) is 9.47 Å². The van der Waals surface area contributed by atoms with Crippen LogP contribution in [0.5, 0.6) is 11.5 Å². The lowest BCUT2D eigenvalue weighted by Crippen LogP contribution is -2.42. The average molecular weight is 681 g/mol. The Hall–Kier alpha value is -2.96. The summed E-state index contributed by atoms with van der Waals surface area (Å²) in [5.74, 6) is 1.35. The minimum atomic E-state index is -1.23. The monoisotopic (exact) mass is 680 g/mol. The Balaban J connectivity index is 1.53. The standard InChI is InChI=1S/C42H48O4S2/c1-37(2,3)27-15-23-13-25-17-29(39(7,8)9)22-42(35(25)43)46-34-24(16-28(38(4,5)6)20-32(34)48-42)14-26-18-30(40(10,11)12)21-41(36(26)44)45-33(23)31(19-27)47-41/h15-22H,13-14H2,1-12H3/t41-,42+. The zero-order valence-corrected chi connectivity index (χ0v) is 32.1. The fraction of sp³-hybridized carbons (Fsp3) is 0.476. The zero-order chi connectivity index (χ0) is 35.0. The third kappa shape index (κ3) is 5.37. The number of rotatable bonds is 0. The van der Waals surface area contributed by atoms with E-state index < -0.39 is 9.87 Å². The summed E-state index contributed by atoms with van der Waals surface area (Å²) in [4.78, 5) is 29.2. The van der Waals surface area contributed by atoms with Gasteiger partial charge >= 0.3 is 0 Å². The van der Waals surface area contributed by atoms with Gasteiger partial charge in [0, 0.05) is 35.1 Å². The van der Waals surface area contributed by atoms with E-state index >= 15 is 0 Å². The van der Waals surface area contributed by atoms with Gasteiger partial charge in [-0.2, -0.15) is 0 Å². The Kier molecular flexibility index (Phi) is 7.19. The maximum absolute atomic E-state index is 14.9. The number of ether oxygens (including phenoxy) is 2. The van der Waals surface area contributed by atoms with Gasteiger partial charge in [-0.15, -0.1) is 0 Å². The summed E-state index contributed by atoms with van der Waals surface area (Å²) in [6.45, 7) is 26.3. The molecule has 6 heteroatoms. The molecule has 48 heavy (non-hydrogen) atoms. The SMILES string of the molecule is CC(C)(C)C1=C[C@]23Oc4c(cc(C(C)(C)C)cc4S2)CC2=CC(C(C)(C)C)=C[C@]4(Oc5c(cc(C(C)(C)C)cc5S4)CC(=C1)C3=O)C2=O. The van der Waals surface area contributed by atoms with Gasteiger partial charge < -0.3 is 9.47 Å². The minimum absolute atomic E-state index is 0.0299. The second-order valence-electron chi connectivity index (χ2n) is 18.2. The first kappa shape index (κ1) is 33.5. The van der Waals surface area contributed by atoms with Crippen molar-refractivity contribution < 1.29 is 19.1 Å². The quantitative estimate of drug-likeness (QED) is 0.276. The molecule has 0 aromatic heterocycles. The lowest BCUT2D eigenvalue weighted by atomic mass is 9.78. The normalized spacial score (nSPS) is 25.0. The topological polar surface area (TPSA) is 52.6 Å². The third-order valence-corrected chi connectivity index (χ3v) is 12.5. The van der Waals surface area contributed by atoms with Crippen molar-refractivity contribution in [3.63, 3.8) is 0 Å². The van der Waals surface area contributed by atoms with Crippen molar-refractivity contribution in [3.05, 3.63) is 93.1 Å². The first-order valence-corrected chi connectivity index (χ1v) is 18.7. The Morgan fingerprint density at radius 3 is 1.21 bits per heavy atom. The Morgan fingerprint density at radius 2 is 0.896 bits per heavy atom. The van der Waals surface area contributed by atoms with Crippen LogP contribution in [0.15, 0.2) is 80.7 Å².